The smallest absolute Gasteiger partial charge is 0.165 e. The first kappa shape index (κ1) is 11.8. The molecule has 0 N–H and O–H groups in total. The zero-order valence-corrected chi connectivity index (χ0v) is 8.59. The second-order valence-electron chi connectivity index (χ2n) is 3.23. The minimum absolute atomic E-state index is 0.0592. The minimum atomic E-state index is -0.964. The highest BCUT2D eigenvalue weighted by atomic mass is 19.2. The molecule has 1 atom stereocenters. The topological polar surface area (TPSA) is 26.3 Å². The summed E-state index contributed by atoms with van der Waals surface area (Å²) in [6.45, 7) is 1.57. The van der Waals surface area contributed by atoms with Crippen molar-refractivity contribution in [2.75, 3.05) is 7.11 Å². The van der Waals surface area contributed by atoms with Crippen LogP contribution in [0.3, 0.4) is 0 Å². The van der Waals surface area contributed by atoms with Crippen molar-refractivity contribution in [2.24, 2.45) is 0 Å². The van der Waals surface area contributed by atoms with Gasteiger partial charge in [0.25, 0.3) is 0 Å². The Balaban J connectivity index is 2.81. The van der Waals surface area contributed by atoms with Crippen molar-refractivity contribution in [1.29, 1.82) is 0 Å². The maximum Gasteiger partial charge on any atom is 0.165 e. The summed E-state index contributed by atoms with van der Waals surface area (Å²) in [6, 6.07) is 3.78. The van der Waals surface area contributed by atoms with E-state index in [0.29, 0.717) is 0 Å². The van der Waals surface area contributed by atoms with Crippen molar-refractivity contribution in [3.05, 3.63) is 35.4 Å². The summed E-state index contributed by atoms with van der Waals surface area (Å²) in [5, 5.41) is 0. The largest absolute Gasteiger partial charge is 0.374 e. The van der Waals surface area contributed by atoms with E-state index in [1.54, 1.807) is 6.92 Å². The Bertz CT molecular complexity index is 364. The quantitative estimate of drug-likeness (QED) is 0.767. The molecule has 0 heterocycles. The average Bonchev–Trinajstić information content (AvgIpc) is 2.23. The number of methoxy groups -OCH3 is 1. The molecule has 0 fully saturated rings. The molecule has 0 aliphatic heterocycles. The number of hydrogen-bond acceptors (Lipinski definition) is 2. The Morgan fingerprint density at radius 3 is 2.73 bits per heavy atom. The molecular weight excluding hydrogens is 202 g/mol. The van der Waals surface area contributed by atoms with Gasteiger partial charge in [-0.2, -0.15) is 0 Å². The van der Waals surface area contributed by atoms with Crippen LogP contribution in [-0.4, -0.2) is 19.0 Å². The van der Waals surface area contributed by atoms with Gasteiger partial charge in [-0.15, -0.1) is 0 Å². The van der Waals surface area contributed by atoms with E-state index in [1.165, 1.54) is 19.2 Å². The fourth-order valence-corrected chi connectivity index (χ4v) is 1.15. The third kappa shape index (κ3) is 2.83. The summed E-state index contributed by atoms with van der Waals surface area (Å²) >= 11 is 0. The van der Waals surface area contributed by atoms with Crippen LogP contribution >= 0.6 is 0 Å². The van der Waals surface area contributed by atoms with Gasteiger partial charge in [0.1, 0.15) is 6.10 Å². The normalized spacial score (nSPS) is 12.5. The molecular formula is C11H12F2O2. The number of ether oxygens (including phenoxy) is 1. The van der Waals surface area contributed by atoms with Crippen LogP contribution in [0.15, 0.2) is 18.2 Å². The molecule has 0 saturated carbocycles. The Labute approximate surface area is 86.9 Å². The maximum absolute atomic E-state index is 13.2. The lowest BCUT2D eigenvalue weighted by atomic mass is 10.1. The summed E-state index contributed by atoms with van der Waals surface area (Å²) in [6.07, 6.45) is -0.758. The molecule has 15 heavy (non-hydrogen) atoms. The van der Waals surface area contributed by atoms with Crippen LogP contribution in [0.5, 0.6) is 0 Å². The highest BCUT2D eigenvalue weighted by molar-refractivity contribution is 5.84. The van der Waals surface area contributed by atoms with Crippen LogP contribution in [0.4, 0.5) is 8.78 Å². The molecule has 0 aliphatic rings. The molecule has 0 spiro atoms. The first-order valence-electron chi connectivity index (χ1n) is 4.54. The van der Waals surface area contributed by atoms with Gasteiger partial charge in [-0.05, 0) is 18.6 Å². The first-order chi connectivity index (χ1) is 7.06. The number of halogens is 2. The second-order valence-corrected chi connectivity index (χ2v) is 3.23. The molecule has 0 bridgehead atoms. The van der Waals surface area contributed by atoms with Crippen LogP contribution < -0.4 is 0 Å². The van der Waals surface area contributed by atoms with Gasteiger partial charge in [0, 0.05) is 13.5 Å². The van der Waals surface area contributed by atoms with E-state index in [2.05, 4.69) is 0 Å². The third-order valence-corrected chi connectivity index (χ3v) is 2.20. The summed E-state index contributed by atoms with van der Waals surface area (Å²) in [7, 11) is 1.39. The van der Waals surface area contributed by atoms with Crippen molar-refractivity contribution >= 4 is 5.78 Å². The summed E-state index contributed by atoms with van der Waals surface area (Å²) < 4.78 is 30.7. The van der Waals surface area contributed by atoms with Gasteiger partial charge < -0.3 is 4.74 Å². The molecule has 82 valence electrons. The number of carbonyl (C=O) groups is 1. The molecule has 1 rings (SSSR count). The Kier molecular flexibility index (Phi) is 3.91. The van der Waals surface area contributed by atoms with Gasteiger partial charge in [-0.1, -0.05) is 12.1 Å². The molecule has 4 heteroatoms. The van der Waals surface area contributed by atoms with Crippen LogP contribution in [0.1, 0.15) is 12.5 Å². The zero-order valence-electron chi connectivity index (χ0n) is 8.59. The van der Waals surface area contributed by atoms with Crippen LogP contribution in [0.25, 0.3) is 0 Å². The van der Waals surface area contributed by atoms with Crippen molar-refractivity contribution in [2.45, 2.75) is 19.4 Å². The van der Waals surface area contributed by atoms with E-state index in [0.717, 1.165) is 6.07 Å². The molecule has 1 unspecified atom stereocenters. The summed E-state index contributed by atoms with van der Waals surface area (Å²) in [5.74, 6) is -2.18. The highest BCUT2D eigenvalue weighted by Gasteiger charge is 2.16. The van der Waals surface area contributed by atoms with Crippen molar-refractivity contribution in [3.63, 3.8) is 0 Å². The molecule has 1 aromatic carbocycles. The van der Waals surface area contributed by atoms with Gasteiger partial charge in [-0.25, -0.2) is 8.78 Å². The Morgan fingerprint density at radius 2 is 2.13 bits per heavy atom. The van der Waals surface area contributed by atoms with Gasteiger partial charge in [0.2, 0.25) is 0 Å². The molecule has 2 nitrogen and oxygen atoms in total. The van der Waals surface area contributed by atoms with Gasteiger partial charge in [-0.3, -0.25) is 4.79 Å². The number of carbonyl (C=O) groups excluding carboxylic acids is 1. The third-order valence-electron chi connectivity index (χ3n) is 2.20. The summed E-state index contributed by atoms with van der Waals surface area (Å²) in [4.78, 5) is 11.4. The first-order valence-corrected chi connectivity index (χ1v) is 4.54. The minimum Gasteiger partial charge on any atom is -0.374 e. The lowest BCUT2D eigenvalue weighted by molar-refractivity contribution is -0.127. The van der Waals surface area contributed by atoms with E-state index in [1.807, 2.05) is 0 Å². The predicted octanol–water partition coefficient (Wildman–Crippen LogP) is 2.11. The number of Topliss-reactive ketones (excluding diaryl/α,β-unsaturated/α-hetero) is 1. The number of hydrogen-bond donors (Lipinski definition) is 0. The zero-order chi connectivity index (χ0) is 11.4. The van der Waals surface area contributed by atoms with E-state index in [9.17, 15) is 13.6 Å². The van der Waals surface area contributed by atoms with Crippen molar-refractivity contribution in [1.82, 2.24) is 0 Å². The molecule has 0 aliphatic carbocycles. The molecule has 0 amide bonds. The Morgan fingerprint density at radius 1 is 1.47 bits per heavy atom. The predicted molar refractivity (Wildman–Crippen MR) is 51.5 cm³/mol. The standard InChI is InChI=1S/C11H12F2O2/c1-7(15-2)10(14)6-8-4-3-5-9(12)11(8)13/h3-5,7H,6H2,1-2H3. The SMILES string of the molecule is COC(C)C(=O)Cc1cccc(F)c1F. The number of ketones is 1. The van der Waals surface area contributed by atoms with Crippen LogP contribution in [-0.2, 0) is 16.0 Å². The van der Waals surface area contributed by atoms with Gasteiger partial charge in [0.15, 0.2) is 17.4 Å². The summed E-state index contributed by atoms with van der Waals surface area (Å²) in [5.41, 5.74) is 0.0592. The molecule has 1 aromatic rings. The van der Waals surface area contributed by atoms with E-state index in [-0.39, 0.29) is 17.8 Å². The average molecular weight is 214 g/mol. The lowest BCUT2D eigenvalue weighted by Gasteiger charge is -2.08. The Hall–Kier alpha value is -1.29. The molecule has 0 saturated heterocycles. The van der Waals surface area contributed by atoms with E-state index < -0.39 is 17.7 Å². The van der Waals surface area contributed by atoms with E-state index in [4.69, 9.17) is 4.74 Å². The molecule has 0 radical (unpaired) electrons. The lowest BCUT2D eigenvalue weighted by Crippen LogP contribution is -2.21. The van der Waals surface area contributed by atoms with E-state index >= 15 is 0 Å². The van der Waals surface area contributed by atoms with Gasteiger partial charge in [0.05, 0.1) is 0 Å². The fourth-order valence-electron chi connectivity index (χ4n) is 1.15. The fraction of sp³-hybridized carbons (Fsp3) is 0.364. The number of rotatable bonds is 4. The number of benzene rings is 1. The monoisotopic (exact) mass is 214 g/mol. The van der Waals surface area contributed by atoms with Gasteiger partial charge >= 0.3 is 0 Å². The maximum atomic E-state index is 13.2. The highest BCUT2D eigenvalue weighted by Crippen LogP contribution is 2.13. The van der Waals surface area contributed by atoms with Crippen molar-refractivity contribution < 1.29 is 18.3 Å². The van der Waals surface area contributed by atoms with Crippen molar-refractivity contribution in [3.8, 4) is 0 Å². The second kappa shape index (κ2) is 4.98. The van der Waals surface area contributed by atoms with Crippen LogP contribution in [0, 0.1) is 11.6 Å². The van der Waals surface area contributed by atoms with Crippen LogP contribution in [0.2, 0.25) is 0 Å². The molecule has 0 aromatic heterocycles.